The fourth-order valence-electron chi connectivity index (χ4n) is 1.98. The Balaban J connectivity index is 2.83. The highest BCUT2D eigenvalue weighted by Crippen LogP contribution is 2.30. The van der Waals surface area contributed by atoms with Gasteiger partial charge in [0.1, 0.15) is 11.3 Å². The molecule has 0 aliphatic heterocycles. The Labute approximate surface area is 104 Å². The van der Waals surface area contributed by atoms with Gasteiger partial charge in [-0.05, 0) is 36.6 Å². The van der Waals surface area contributed by atoms with E-state index < -0.39 is 11.6 Å². The second-order valence-electron chi connectivity index (χ2n) is 4.17. The van der Waals surface area contributed by atoms with Gasteiger partial charge in [0.15, 0.2) is 0 Å². The molecule has 0 unspecified atom stereocenters. The van der Waals surface area contributed by atoms with E-state index >= 15 is 0 Å². The van der Waals surface area contributed by atoms with Crippen LogP contribution in [-0.4, -0.2) is 5.97 Å². The van der Waals surface area contributed by atoms with Crippen LogP contribution in [0.25, 0.3) is 11.0 Å². The van der Waals surface area contributed by atoms with Crippen LogP contribution >= 0.6 is 0 Å². The maximum absolute atomic E-state index is 11.4. The van der Waals surface area contributed by atoms with E-state index in [-0.39, 0.29) is 0 Å². The first-order valence-electron chi connectivity index (χ1n) is 5.77. The van der Waals surface area contributed by atoms with Crippen molar-refractivity contribution >= 4 is 16.9 Å². The second-order valence-corrected chi connectivity index (χ2v) is 4.17. The third-order valence-electron chi connectivity index (χ3n) is 2.67. The molecular weight excluding hydrogens is 232 g/mol. The van der Waals surface area contributed by atoms with Crippen molar-refractivity contribution in [3.8, 4) is 5.75 Å². The minimum atomic E-state index is -0.393. The van der Waals surface area contributed by atoms with E-state index in [1.807, 2.05) is 13.8 Å². The van der Waals surface area contributed by atoms with Crippen molar-refractivity contribution < 1.29 is 13.9 Å². The predicted octanol–water partition coefficient (Wildman–Crippen LogP) is 2.59. The van der Waals surface area contributed by atoms with Gasteiger partial charge in [-0.3, -0.25) is 4.79 Å². The lowest BCUT2D eigenvalue weighted by atomic mass is 10.1. The standard InChI is InChI=1S/C14H14O4/c1-4-10-7-13(16)18-12-6-8(2)5-11(14(10)12)17-9(3)15/h5-7H,4H2,1-3H3. The van der Waals surface area contributed by atoms with Crippen molar-refractivity contribution in [2.24, 2.45) is 0 Å². The first-order valence-corrected chi connectivity index (χ1v) is 5.77. The van der Waals surface area contributed by atoms with Crippen LogP contribution in [0.5, 0.6) is 5.75 Å². The Kier molecular flexibility index (Phi) is 3.19. The molecule has 0 aliphatic carbocycles. The van der Waals surface area contributed by atoms with Crippen molar-refractivity contribution in [3.63, 3.8) is 0 Å². The van der Waals surface area contributed by atoms with Gasteiger partial charge in [-0.2, -0.15) is 0 Å². The number of aryl methyl sites for hydroxylation is 2. The maximum atomic E-state index is 11.4. The highest BCUT2D eigenvalue weighted by molar-refractivity contribution is 5.89. The smallest absolute Gasteiger partial charge is 0.336 e. The normalized spacial score (nSPS) is 10.6. The first-order chi connectivity index (χ1) is 8.51. The molecule has 0 amide bonds. The molecule has 0 radical (unpaired) electrons. The Morgan fingerprint density at radius 3 is 2.67 bits per heavy atom. The molecule has 1 aromatic heterocycles. The van der Waals surface area contributed by atoms with Gasteiger partial charge < -0.3 is 9.15 Å². The van der Waals surface area contributed by atoms with E-state index in [1.165, 1.54) is 13.0 Å². The van der Waals surface area contributed by atoms with Crippen molar-refractivity contribution in [1.82, 2.24) is 0 Å². The number of hydrogen-bond donors (Lipinski definition) is 0. The molecule has 0 aliphatic rings. The molecule has 0 fully saturated rings. The summed E-state index contributed by atoms with van der Waals surface area (Å²) in [5.74, 6) is 0.0493. The van der Waals surface area contributed by atoms with Gasteiger partial charge in [0.25, 0.3) is 0 Å². The largest absolute Gasteiger partial charge is 0.426 e. The number of carbonyl (C=O) groups excluding carboxylic acids is 1. The van der Waals surface area contributed by atoms with Gasteiger partial charge in [0, 0.05) is 13.0 Å². The third-order valence-corrected chi connectivity index (χ3v) is 2.67. The van der Waals surface area contributed by atoms with Crippen LogP contribution < -0.4 is 10.4 Å². The van der Waals surface area contributed by atoms with Gasteiger partial charge in [-0.25, -0.2) is 4.79 Å². The molecular formula is C14H14O4. The summed E-state index contributed by atoms with van der Waals surface area (Å²) in [5.41, 5.74) is 1.75. The van der Waals surface area contributed by atoms with Crippen LogP contribution in [0.15, 0.2) is 27.4 Å². The Bertz CT molecular complexity index is 667. The predicted molar refractivity (Wildman–Crippen MR) is 67.9 cm³/mol. The number of carbonyl (C=O) groups is 1. The number of benzene rings is 1. The van der Waals surface area contributed by atoms with Crippen LogP contribution in [0.2, 0.25) is 0 Å². The number of rotatable bonds is 2. The molecule has 18 heavy (non-hydrogen) atoms. The average Bonchev–Trinajstić information content (AvgIpc) is 2.25. The summed E-state index contributed by atoms with van der Waals surface area (Å²) < 4.78 is 10.4. The summed E-state index contributed by atoms with van der Waals surface area (Å²) >= 11 is 0. The second kappa shape index (κ2) is 4.64. The highest BCUT2D eigenvalue weighted by atomic mass is 16.5. The van der Waals surface area contributed by atoms with Crippen molar-refractivity contribution in [1.29, 1.82) is 0 Å². The van der Waals surface area contributed by atoms with E-state index in [2.05, 4.69) is 0 Å². The van der Waals surface area contributed by atoms with Crippen molar-refractivity contribution in [2.45, 2.75) is 27.2 Å². The van der Waals surface area contributed by atoms with Crippen LogP contribution in [0.3, 0.4) is 0 Å². The van der Waals surface area contributed by atoms with Gasteiger partial charge in [0.2, 0.25) is 0 Å². The molecule has 0 bridgehead atoms. The molecule has 0 spiro atoms. The zero-order valence-electron chi connectivity index (χ0n) is 10.6. The fourth-order valence-corrected chi connectivity index (χ4v) is 1.98. The fraction of sp³-hybridized carbons (Fsp3) is 0.286. The molecule has 4 heteroatoms. The first kappa shape index (κ1) is 12.4. The molecule has 2 rings (SSSR count). The lowest BCUT2D eigenvalue weighted by Crippen LogP contribution is -2.05. The average molecular weight is 246 g/mol. The number of esters is 1. The molecule has 4 nitrogen and oxygen atoms in total. The van der Waals surface area contributed by atoms with Crippen molar-refractivity contribution in [2.75, 3.05) is 0 Å². The van der Waals surface area contributed by atoms with E-state index in [0.717, 1.165) is 11.1 Å². The van der Waals surface area contributed by atoms with E-state index in [9.17, 15) is 9.59 Å². The molecule has 0 atom stereocenters. The molecule has 0 saturated carbocycles. The van der Waals surface area contributed by atoms with E-state index in [1.54, 1.807) is 12.1 Å². The SMILES string of the molecule is CCc1cc(=O)oc2cc(C)cc(OC(C)=O)c12. The van der Waals surface area contributed by atoms with Gasteiger partial charge in [-0.1, -0.05) is 6.92 Å². The third kappa shape index (κ3) is 2.27. The lowest BCUT2D eigenvalue weighted by Gasteiger charge is -2.09. The molecule has 1 heterocycles. The van der Waals surface area contributed by atoms with Gasteiger partial charge >= 0.3 is 11.6 Å². The molecule has 2 aromatic rings. The lowest BCUT2D eigenvalue weighted by molar-refractivity contribution is -0.131. The summed E-state index contributed by atoms with van der Waals surface area (Å²) in [6.07, 6.45) is 0.666. The number of fused-ring (bicyclic) bond motifs is 1. The minimum Gasteiger partial charge on any atom is -0.426 e. The van der Waals surface area contributed by atoms with Gasteiger partial charge in [-0.15, -0.1) is 0 Å². The van der Waals surface area contributed by atoms with E-state index in [4.69, 9.17) is 9.15 Å². The maximum Gasteiger partial charge on any atom is 0.336 e. The van der Waals surface area contributed by atoms with E-state index in [0.29, 0.717) is 23.1 Å². The molecule has 1 aromatic carbocycles. The monoisotopic (exact) mass is 246 g/mol. The van der Waals surface area contributed by atoms with Crippen LogP contribution in [0.1, 0.15) is 25.0 Å². The van der Waals surface area contributed by atoms with Crippen LogP contribution in [0, 0.1) is 6.92 Å². The quantitative estimate of drug-likeness (QED) is 0.464. The summed E-state index contributed by atoms with van der Waals surface area (Å²) in [6.45, 7) is 5.13. The molecule has 0 saturated heterocycles. The van der Waals surface area contributed by atoms with Crippen LogP contribution in [0.4, 0.5) is 0 Å². The summed E-state index contributed by atoms with van der Waals surface area (Å²) in [5, 5.41) is 0.693. The Morgan fingerprint density at radius 1 is 1.33 bits per heavy atom. The number of ether oxygens (including phenoxy) is 1. The number of hydrogen-bond acceptors (Lipinski definition) is 4. The topological polar surface area (TPSA) is 56.5 Å². The summed E-state index contributed by atoms with van der Waals surface area (Å²) in [6, 6.07) is 4.97. The van der Waals surface area contributed by atoms with Crippen molar-refractivity contribution in [3.05, 3.63) is 39.7 Å². The molecule has 94 valence electrons. The Morgan fingerprint density at radius 2 is 2.06 bits per heavy atom. The summed E-state index contributed by atoms with van der Waals surface area (Å²) in [4.78, 5) is 22.6. The zero-order valence-corrected chi connectivity index (χ0v) is 10.6. The Hall–Kier alpha value is -2.10. The van der Waals surface area contributed by atoms with Crippen LogP contribution in [-0.2, 0) is 11.2 Å². The molecule has 0 N–H and O–H groups in total. The van der Waals surface area contributed by atoms with Gasteiger partial charge in [0.05, 0.1) is 5.39 Å². The zero-order chi connectivity index (χ0) is 13.3. The highest BCUT2D eigenvalue weighted by Gasteiger charge is 2.12. The summed E-state index contributed by atoms with van der Waals surface area (Å²) in [7, 11) is 0. The minimum absolute atomic E-state index is 0.390.